The van der Waals surface area contributed by atoms with Gasteiger partial charge in [-0.1, -0.05) is 17.7 Å². The zero-order valence-corrected chi connectivity index (χ0v) is 8.43. The third-order valence-corrected chi connectivity index (χ3v) is 2.11. The maximum Gasteiger partial charge on any atom is 0.328 e. The predicted octanol–water partition coefficient (Wildman–Crippen LogP) is 2.29. The molecule has 0 saturated carbocycles. The summed E-state index contributed by atoms with van der Waals surface area (Å²) in [6.45, 7) is 2.28. The molecular weight excluding hydrogens is 192 g/mol. The van der Waals surface area contributed by atoms with E-state index in [9.17, 15) is 4.79 Å². The molecule has 2 amide bonds. The first-order valence-corrected chi connectivity index (χ1v) is 4.68. The monoisotopic (exact) mass is 204 g/mol. The zero-order valence-electron chi connectivity index (χ0n) is 8.43. The number of rotatable bonds is 1. The fourth-order valence-electron chi connectivity index (χ4n) is 1.24. The van der Waals surface area contributed by atoms with Gasteiger partial charge in [0.05, 0.1) is 0 Å². The summed E-state index contributed by atoms with van der Waals surface area (Å²) >= 11 is 0. The summed E-state index contributed by atoms with van der Waals surface area (Å²) in [7, 11) is 0. The number of carbonyl (C=O) groups is 1. The normalized spacial score (nSPS) is 13.8. The van der Waals surface area contributed by atoms with Crippen molar-refractivity contribution in [3.63, 3.8) is 0 Å². The number of hydrogen-bond donors (Lipinski definition) is 1. The quantitative estimate of drug-likeness (QED) is 0.762. The van der Waals surface area contributed by atoms with Crippen LogP contribution in [0.1, 0.15) is 5.56 Å². The number of amides is 2. The van der Waals surface area contributed by atoms with Crippen molar-refractivity contribution in [2.45, 2.75) is 6.92 Å². The molecular formula is C11H12N2O2. The van der Waals surface area contributed by atoms with Crippen LogP contribution in [0.5, 0.6) is 0 Å². The molecule has 0 unspecified atom stereocenters. The molecule has 78 valence electrons. The van der Waals surface area contributed by atoms with E-state index in [1.807, 2.05) is 31.2 Å². The molecule has 0 atom stereocenters. The van der Waals surface area contributed by atoms with Crippen LogP contribution in [-0.2, 0) is 4.74 Å². The lowest BCUT2D eigenvalue weighted by molar-refractivity contribution is 0.175. The minimum atomic E-state index is -0.187. The Labute approximate surface area is 88.1 Å². The van der Waals surface area contributed by atoms with Gasteiger partial charge < -0.3 is 10.1 Å². The molecule has 0 saturated heterocycles. The van der Waals surface area contributed by atoms with Crippen LogP contribution in [0.4, 0.5) is 10.5 Å². The molecule has 15 heavy (non-hydrogen) atoms. The summed E-state index contributed by atoms with van der Waals surface area (Å²) in [5.41, 5.74) is 1.95. The van der Waals surface area contributed by atoms with E-state index in [2.05, 4.69) is 5.32 Å². The average molecular weight is 204 g/mol. The molecule has 1 aromatic rings. The van der Waals surface area contributed by atoms with Crippen molar-refractivity contribution in [2.75, 3.05) is 12.0 Å². The number of hydrogen-bond acceptors (Lipinski definition) is 2. The fraction of sp³-hybridized carbons (Fsp3) is 0.182. The minimum Gasteiger partial charge on any atom is -0.479 e. The highest BCUT2D eigenvalue weighted by Crippen LogP contribution is 2.10. The van der Waals surface area contributed by atoms with Crippen LogP contribution in [0.25, 0.3) is 0 Å². The van der Waals surface area contributed by atoms with E-state index in [1.54, 1.807) is 6.20 Å². The van der Waals surface area contributed by atoms with Gasteiger partial charge in [0.15, 0.2) is 6.73 Å². The molecule has 0 aromatic heterocycles. The average Bonchev–Trinajstić information content (AvgIpc) is 2.74. The van der Waals surface area contributed by atoms with Crippen molar-refractivity contribution in [2.24, 2.45) is 0 Å². The number of urea groups is 1. The maximum atomic E-state index is 11.6. The van der Waals surface area contributed by atoms with Crippen molar-refractivity contribution in [3.05, 3.63) is 42.3 Å². The first kappa shape index (κ1) is 9.58. The second-order valence-corrected chi connectivity index (χ2v) is 3.35. The summed E-state index contributed by atoms with van der Waals surface area (Å²) < 4.78 is 4.92. The Hall–Kier alpha value is -1.97. The van der Waals surface area contributed by atoms with Crippen LogP contribution in [0, 0.1) is 6.92 Å². The molecule has 0 radical (unpaired) electrons. The SMILES string of the molecule is Cc1ccc(NC(=O)N2C=COC2)cc1. The number of carbonyl (C=O) groups excluding carboxylic acids is 1. The molecule has 4 heteroatoms. The van der Waals surface area contributed by atoms with Gasteiger partial charge in [-0.15, -0.1) is 0 Å². The lowest BCUT2D eigenvalue weighted by Crippen LogP contribution is -2.29. The summed E-state index contributed by atoms with van der Waals surface area (Å²) in [5.74, 6) is 0. The van der Waals surface area contributed by atoms with E-state index in [1.165, 1.54) is 11.2 Å². The van der Waals surface area contributed by atoms with Crippen LogP contribution in [0.15, 0.2) is 36.7 Å². The van der Waals surface area contributed by atoms with Gasteiger partial charge in [-0.3, -0.25) is 4.90 Å². The summed E-state index contributed by atoms with van der Waals surface area (Å²) in [6.07, 6.45) is 3.10. The zero-order chi connectivity index (χ0) is 10.7. The topological polar surface area (TPSA) is 41.6 Å². The number of nitrogens with one attached hydrogen (secondary N) is 1. The number of nitrogens with zero attached hydrogens (tertiary/aromatic N) is 1. The lowest BCUT2D eigenvalue weighted by Gasteiger charge is -2.12. The second kappa shape index (κ2) is 4.04. The van der Waals surface area contributed by atoms with E-state index in [-0.39, 0.29) is 12.8 Å². The predicted molar refractivity (Wildman–Crippen MR) is 57.1 cm³/mol. The van der Waals surface area contributed by atoms with Gasteiger partial charge in [0.1, 0.15) is 6.26 Å². The highest BCUT2D eigenvalue weighted by Gasteiger charge is 2.13. The highest BCUT2D eigenvalue weighted by atomic mass is 16.5. The molecule has 1 N–H and O–H groups in total. The molecule has 4 nitrogen and oxygen atoms in total. The van der Waals surface area contributed by atoms with Crippen LogP contribution in [0.3, 0.4) is 0 Å². The molecule has 1 heterocycles. The number of benzene rings is 1. The third kappa shape index (κ3) is 2.28. The molecule has 2 rings (SSSR count). The Morgan fingerprint density at radius 2 is 2.13 bits per heavy atom. The Bertz CT molecular complexity index is 384. The van der Waals surface area contributed by atoms with E-state index in [0.717, 1.165) is 11.3 Å². The van der Waals surface area contributed by atoms with E-state index < -0.39 is 0 Å². The van der Waals surface area contributed by atoms with Gasteiger partial charge in [0.25, 0.3) is 0 Å². The van der Waals surface area contributed by atoms with Crippen LogP contribution < -0.4 is 5.32 Å². The summed E-state index contributed by atoms with van der Waals surface area (Å²) in [4.78, 5) is 13.0. The molecule has 0 spiro atoms. The second-order valence-electron chi connectivity index (χ2n) is 3.35. The van der Waals surface area contributed by atoms with E-state index >= 15 is 0 Å². The lowest BCUT2D eigenvalue weighted by atomic mass is 10.2. The number of aryl methyl sites for hydroxylation is 1. The van der Waals surface area contributed by atoms with Crippen molar-refractivity contribution in [1.29, 1.82) is 0 Å². The summed E-state index contributed by atoms with van der Waals surface area (Å²) in [6, 6.07) is 7.45. The van der Waals surface area contributed by atoms with Crippen molar-refractivity contribution >= 4 is 11.7 Å². The van der Waals surface area contributed by atoms with Gasteiger partial charge in [-0.25, -0.2) is 4.79 Å². The molecule has 1 aromatic carbocycles. The van der Waals surface area contributed by atoms with E-state index in [4.69, 9.17) is 4.74 Å². The standard InChI is InChI=1S/C11H12N2O2/c1-9-2-4-10(5-3-9)12-11(14)13-6-7-15-8-13/h2-7H,8H2,1H3,(H,12,14). The summed E-state index contributed by atoms with van der Waals surface area (Å²) in [5, 5.41) is 2.77. The molecule has 0 bridgehead atoms. The van der Waals surface area contributed by atoms with E-state index in [0.29, 0.717) is 0 Å². The first-order valence-electron chi connectivity index (χ1n) is 4.68. The molecule has 0 aliphatic carbocycles. The maximum absolute atomic E-state index is 11.6. The Morgan fingerprint density at radius 1 is 1.40 bits per heavy atom. The van der Waals surface area contributed by atoms with Crippen molar-refractivity contribution in [3.8, 4) is 0 Å². The first-order chi connectivity index (χ1) is 7.25. The number of anilines is 1. The Balaban J connectivity index is 1.99. The minimum absolute atomic E-state index is 0.187. The van der Waals surface area contributed by atoms with Gasteiger partial charge in [-0.2, -0.15) is 0 Å². The van der Waals surface area contributed by atoms with Crippen LogP contribution >= 0.6 is 0 Å². The van der Waals surface area contributed by atoms with Gasteiger partial charge in [0.2, 0.25) is 0 Å². The van der Waals surface area contributed by atoms with Gasteiger partial charge in [-0.05, 0) is 19.1 Å². The van der Waals surface area contributed by atoms with Crippen LogP contribution in [0.2, 0.25) is 0 Å². The Kier molecular flexibility index (Phi) is 2.58. The smallest absolute Gasteiger partial charge is 0.328 e. The number of ether oxygens (including phenoxy) is 1. The molecule has 1 aliphatic rings. The third-order valence-electron chi connectivity index (χ3n) is 2.11. The van der Waals surface area contributed by atoms with Crippen molar-refractivity contribution in [1.82, 2.24) is 4.90 Å². The van der Waals surface area contributed by atoms with Gasteiger partial charge in [0, 0.05) is 11.9 Å². The Morgan fingerprint density at radius 3 is 2.73 bits per heavy atom. The van der Waals surface area contributed by atoms with Gasteiger partial charge >= 0.3 is 6.03 Å². The fourth-order valence-corrected chi connectivity index (χ4v) is 1.24. The molecule has 0 fully saturated rings. The van der Waals surface area contributed by atoms with Crippen LogP contribution in [-0.4, -0.2) is 17.7 Å². The largest absolute Gasteiger partial charge is 0.479 e. The van der Waals surface area contributed by atoms with Crippen molar-refractivity contribution < 1.29 is 9.53 Å². The molecule has 1 aliphatic heterocycles. The highest BCUT2D eigenvalue weighted by molar-refractivity contribution is 5.90.